The van der Waals surface area contributed by atoms with E-state index in [1.807, 2.05) is 0 Å². The van der Waals surface area contributed by atoms with Gasteiger partial charge in [0, 0.05) is 11.8 Å². The number of alkyl halides is 3. The van der Waals surface area contributed by atoms with E-state index in [4.69, 9.17) is 4.74 Å². The molecule has 2 rings (SSSR count). The smallest absolute Gasteiger partial charge is 0.416 e. The van der Waals surface area contributed by atoms with Crippen LogP contribution >= 0.6 is 0 Å². The van der Waals surface area contributed by atoms with Crippen molar-refractivity contribution >= 4 is 27.3 Å². The second-order valence-corrected chi connectivity index (χ2v) is 7.86. The maximum absolute atomic E-state index is 13.0. The highest BCUT2D eigenvalue weighted by molar-refractivity contribution is 7.92. The lowest BCUT2D eigenvalue weighted by molar-refractivity contribution is -0.137. The molecule has 10 heteroatoms. The van der Waals surface area contributed by atoms with E-state index in [0.29, 0.717) is 21.8 Å². The normalized spacial score (nSPS) is 12.9. The second kappa shape index (κ2) is 8.09. The third-order valence-electron chi connectivity index (χ3n) is 3.85. The molecule has 2 aromatic rings. The molecule has 0 radical (unpaired) electrons. The number of hydrogen-bond acceptors (Lipinski definition) is 4. The number of amides is 1. The zero-order valence-electron chi connectivity index (χ0n) is 15.3. The molecule has 0 aliphatic carbocycles. The molecule has 1 amide bonds. The van der Waals surface area contributed by atoms with Gasteiger partial charge in [-0.15, -0.1) is 0 Å². The van der Waals surface area contributed by atoms with Crippen LogP contribution < -0.4 is 14.4 Å². The van der Waals surface area contributed by atoms with Gasteiger partial charge in [-0.3, -0.25) is 9.10 Å². The standard InChI is InChI=1S/C18H19F3N2O4S/c1-12(17(24)22-14-7-5-9-16(11-14)27-2)23(28(3,25)26)15-8-4-6-13(10-15)18(19,20)21/h4-12H,1-3H3,(H,22,24)/t12-/m0/s1. The van der Waals surface area contributed by atoms with Crippen molar-refractivity contribution in [3.05, 3.63) is 54.1 Å². The first kappa shape index (κ1) is 21.5. The summed E-state index contributed by atoms with van der Waals surface area (Å²) in [6.45, 7) is 1.29. The predicted octanol–water partition coefficient (Wildman–Crippen LogP) is 3.51. The minimum Gasteiger partial charge on any atom is -0.497 e. The van der Waals surface area contributed by atoms with Crippen LogP contribution in [0.3, 0.4) is 0 Å². The van der Waals surface area contributed by atoms with Crippen molar-refractivity contribution in [1.82, 2.24) is 0 Å². The van der Waals surface area contributed by atoms with E-state index in [2.05, 4.69) is 5.32 Å². The number of nitrogens with zero attached hydrogens (tertiary/aromatic N) is 1. The minimum absolute atomic E-state index is 0.259. The van der Waals surface area contributed by atoms with Crippen molar-refractivity contribution in [2.45, 2.75) is 19.1 Å². The summed E-state index contributed by atoms with van der Waals surface area (Å²) in [6.07, 6.45) is -3.83. The lowest BCUT2D eigenvalue weighted by Gasteiger charge is -2.28. The summed E-state index contributed by atoms with van der Waals surface area (Å²) in [6, 6.07) is 8.88. The monoisotopic (exact) mass is 416 g/mol. The first-order valence-corrected chi connectivity index (χ1v) is 9.90. The van der Waals surface area contributed by atoms with Gasteiger partial charge in [-0.1, -0.05) is 12.1 Å². The number of anilines is 2. The Hall–Kier alpha value is -2.75. The Balaban J connectivity index is 2.36. The topological polar surface area (TPSA) is 75.7 Å². The number of ether oxygens (including phenoxy) is 1. The summed E-state index contributed by atoms with van der Waals surface area (Å²) < 4.78 is 69.1. The van der Waals surface area contributed by atoms with Gasteiger partial charge in [-0.05, 0) is 37.3 Å². The molecule has 1 N–H and O–H groups in total. The van der Waals surface area contributed by atoms with Gasteiger partial charge < -0.3 is 10.1 Å². The van der Waals surface area contributed by atoms with Crippen LogP contribution in [0.1, 0.15) is 12.5 Å². The Labute approximate surface area is 161 Å². The van der Waals surface area contributed by atoms with E-state index < -0.39 is 33.7 Å². The van der Waals surface area contributed by atoms with Gasteiger partial charge in [0.15, 0.2) is 0 Å². The van der Waals surface area contributed by atoms with E-state index in [0.717, 1.165) is 18.4 Å². The Morgan fingerprint density at radius 1 is 1.14 bits per heavy atom. The average molecular weight is 416 g/mol. The first-order chi connectivity index (χ1) is 12.9. The highest BCUT2D eigenvalue weighted by Crippen LogP contribution is 2.33. The maximum Gasteiger partial charge on any atom is 0.416 e. The maximum atomic E-state index is 13.0. The van der Waals surface area contributed by atoms with Crippen molar-refractivity contribution in [2.75, 3.05) is 23.0 Å². The summed E-state index contributed by atoms with van der Waals surface area (Å²) in [5.74, 6) is -0.237. The molecule has 6 nitrogen and oxygen atoms in total. The SMILES string of the molecule is COc1cccc(NC(=O)[C@H](C)N(c2cccc(C(F)(F)F)c2)S(C)(=O)=O)c1. The van der Waals surface area contributed by atoms with Crippen LogP contribution in [-0.2, 0) is 21.0 Å². The fourth-order valence-corrected chi connectivity index (χ4v) is 3.74. The summed E-state index contributed by atoms with van der Waals surface area (Å²) in [4.78, 5) is 12.6. The van der Waals surface area contributed by atoms with E-state index in [9.17, 15) is 26.4 Å². The van der Waals surface area contributed by atoms with Crippen LogP contribution in [0.25, 0.3) is 0 Å². The van der Waals surface area contributed by atoms with E-state index in [1.54, 1.807) is 18.2 Å². The number of nitrogens with one attached hydrogen (secondary N) is 1. The van der Waals surface area contributed by atoms with Crippen molar-refractivity contribution in [3.63, 3.8) is 0 Å². The van der Waals surface area contributed by atoms with Crippen LogP contribution in [-0.4, -0.2) is 33.7 Å². The minimum atomic E-state index is -4.65. The van der Waals surface area contributed by atoms with Gasteiger partial charge in [-0.2, -0.15) is 13.2 Å². The summed E-state index contributed by atoms with van der Waals surface area (Å²) in [5.41, 5.74) is -0.918. The lowest BCUT2D eigenvalue weighted by Crippen LogP contribution is -2.45. The number of benzene rings is 2. The van der Waals surface area contributed by atoms with Gasteiger partial charge in [-0.25, -0.2) is 8.42 Å². The molecule has 0 aliphatic rings. The molecule has 0 aromatic heterocycles. The molecule has 0 unspecified atom stereocenters. The third kappa shape index (κ3) is 5.16. The van der Waals surface area contributed by atoms with Gasteiger partial charge in [0.1, 0.15) is 11.8 Å². The Morgan fingerprint density at radius 2 is 1.79 bits per heavy atom. The molecule has 2 aromatic carbocycles. The molecule has 1 atom stereocenters. The zero-order chi connectivity index (χ0) is 21.1. The molecule has 0 saturated carbocycles. The molecule has 152 valence electrons. The molecule has 0 fully saturated rings. The molecule has 0 spiro atoms. The predicted molar refractivity (Wildman–Crippen MR) is 99.9 cm³/mol. The Bertz CT molecular complexity index is 961. The highest BCUT2D eigenvalue weighted by Gasteiger charge is 2.34. The fraction of sp³-hybridized carbons (Fsp3) is 0.278. The van der Waals surface area contributed by atoms with Gasteiger partial charge in [0.25, 0.3) is 0 Å². The van der Waals surface area contributed by atoms with Crippen LogP contribution in [0, 0.1) is 0 Å². The average Bonchev–Trinajstić information content (AvgIpc) is 2.60. The van der Waals surface area contributed by atoms with Crippen molar-refractivity contribution in [2.24, 2.45) is 0 Å². The molecule has 0 bridgehead atoms. The summed E-state index contributed by atoms with van der Waals surface area (Å²) in [5, 5.41) is 2.54. The number of halogens is 3. The first-order valence-electron chi connectivity index (χ1n) is 8.05. The Kier molecular flexibility index (Phi) is 6.23. The number of hydrogen-bond donors (Lipinski definition) is 1. The van der Waals surface area contributed by atoms with Crippen molar-refractivity contribution in [1.29, 1.82) is 0 Å². The van der Waals surface area contributed by atoms with Crippen LogP contribution in [0.4, 0.5) is 24.5 Å². The molecular weight excluding hydrogens is 397 g/mol. The van der Waals surface area contributed by atoms with Crippen molar-refractivity contribution < 1.29 is 31.1 Å². The van der Waals surface area contributed by atoms with E-state index in [1.165, 1.54) is 26.2 Å². The summed E-state index contributed by atoms with van der Waals surface area (Å²) in [7, 11) is -2.60. The third-order valence-corrected chi connectivity index (χ3v) is 5.10. The number of rotatable bonds is 6. The highest BCUT2D eigenvalue weighted by atomic mass is 32.2. The number of methoxy groups -OCH3 is 1. The van der Waals surface area contributed by atoms with Gasteiger partial charge >= 0.3 is 6.18 Å². The molecule has 0 aliphatic heterocycles. The largest absolute Gasteiger partial charge is 0.497 e. The number of sulfonamides is 1. The Morgan fingerprint density at radius 3 is 2.36 bits per heavy atom. The molecule has 28 heavy (non-hydrogen) atoms. The van der Waals surface area contributed by atoms with Crippen LogP contribution in [0.15, 0.2) is 48.5 Å². The van der Waals surface area contributed by atoms with Gasteiger partial charge in [0.2, 0.25) is 15.9 Å². The van der Waals surface area contributed by atoms with E-state index >= 15 is 0 Å². The lowest BCUT2D eigenvalue weighted by atomic mass is 10.1. The van der Waals surface area contributed by atoms with Crippen molar-refractivity contribution in [3.8, 4) is 5.75 Å². The second-order valence-electron chi connectivity index (χ2n) is 6.00. The molecule has 0 saturated heterocycles. The van der Waals surface area contributed by atoms with Crippen LogP contribution in [0.5, 0.6) is 5.75 Å². The fourth-order valence-electron chi connectivity index (χ4n) is 2.58. The number of carbonyl (C=O) groups is 1. The number of carbonyl (C=O) groups excluding carboxylic acids is 1. The summed E-state index contributed by atoms with van der Waals surface area (Å²) >= 11 is 0. The molecule has 0 heterocycles. The van der Waals surface area contributed by atoms with Crippen LogP contribution in [0.2, 0.25) is 0 Å². The molecular formula is C18H19F3N2O4S. The van der Waals surface area contributed by atoms with Gasteiger partial charge in [0.05, 0.1) is 24.6 Å². The van der Waals surface area contributed by atoms with E-state index in [-0.39, 0.29) is 5.69 Å². The zero-order valence-corrected chi connectivity index (χ0v) is 16.1. The quantitative estimate of drug-likeness (QED) is 0.782.